The molecule has 0 N–H and O–H groups in total. The first-order valence-electron chi connectivity index (χ1n) is 4.21. The van der Waals surface area contributed by atoms with Crippen LogP contribution in [0, 0.1) is 9.39 Å². The van der Waals surface area contributed by atoms with Gasteiger partial charge < -0.3 is 4.74 Å². The van der Waals surface area contributed by atoms with E-state index in [1.165, 1.54) is 13.0 Å². The Balaban J connectivity index is 3.14. The van der Waals surface area contributed by atoms with Gasteiger partial charge in [0.05, 0.1) is 0 Å². The van der Waals surface area contributed by atoms with E-state index < -0.39 is 11.8 Å². The van der Waals surface area contributed by atoms with Crippen molar-refractivity contribution in [3.63, 3.8) is 0 Å². The molecule has 1 rings (SSSR count). The zero-order valence-electron chi connectivity index (χ0n) is 7.93. The third-order valence-corrected chi connectivity index (χ3v) is 2.77. The van der Waals surface area contributed by atoms with Crippen molar-refractivity contribution in [1.29, 1.82) is 0 Å². The summed E-state index contributed by atoms with van der Waals surface area (Å²) in [7, 11) is 0. The lowest BCUT2D eigenvalue weighted by Crippen LogP contribution is -2.05. The SMILES string of the molecule is CCc1c(I)ccc(OC(C)=O)c1F. The van der Waals surface area contributed by atoms with Crippen molar-refractivity contribution >= 4 is 28.6 Å². The molecule has 0 amide bonds. The van der Waals surface area contributed by atoms with Crippen molar-refractivity contribution in [2.24, 2.45) is 0 Å². The van der Waals surface area contributed by atoms with E-state index in [4.69, 9.17) is 4.74 Å². The molecule has 0 atom stereocenters. The van der Waals surface area contributed by atoms with Gasteiger partial charge in [0.25, 0.3) is 0 Å². The van der Waals surface area contributed by atoms with Crippen LogP contribution in [-0.2, 0) is 11.2 Å². The van der Waals surface area contributed by atoms with E-state index in [1.54, 1.807) is 6.07 Å². The van der Waals surface area contributed by atoms with Gasteiger partial charge in [-0.05, 0) is 41.1 Å². The van der Waals surface area contributed by atoms with Crippen LogP contribution < -0.4 is 4.74 Å². The molecule has 0 fully saturated rings. The second kappa shape index (κ2) is 4.72. The van der Waals surface area contributed by atoms with E-state index in [0.29, 0.717) is 12.0 Å². The summed E-state index contributed by atoms with van der Waals surface area (Å²) in [5.74, 6) is -0.934. The van der Waals surface area contributed by atoms with Crippen LogP contribution in [0.3, 0.4) is 0 Å². The molecule has 0 saturated carbocycles. The molecule has 0 aliphatic carbocycles. The van der Waals surface area contributed by atoms with Gasteiger partial charge >= 0.3 is 5.97 Å². The summed E-state index contributed by atoms with van der Waals surface area (Å²) in [5.41, 5.74) is 0.587. The number of esters is 1. The number of rotatable bonds is 2. The molecule has 0 aliphatic rings. The molecule has 0 radical (unpaired) electrons. The molecule has 0 heterocycles. The third kappa shape index (κ3) is 2.43. The van der Waals surface area contributed by atoms with Gasteiger partial charge in [-0.3, -0.25) is 4.79 Å². The molecule has 1 aromatic carbocycles. The Kier molecular flexibility index (Phi) is 3.86. The first-order valence-corrected chi connectivity index (χ1v) is 5.29. The highest BCUT2D eigenvalue weighted by molar-refractivity contribution is 14.1. The Morgan fingerprint density at radius 2 is 2.21 bits per heavy atom. The summed E-state index contributed by atoms with van der Waals surface area (Å²) in [6.45, 7) is 3.11. The molecular formula is C10H10FIO2. The molecule has 0 bridgehead atoms. The average Bonchev–Trinajstić information content (AvgIpc) is 2.10. The molecule has 0 aromatic heterocycles. The summed E-state index contributed by atoms with van der Waals surface area (Å²) in [4.78, 5) is 10.7. The van der Waals surface area contributed by atoms with Gasteiger partial charge in [-0.2, -0.15) is 0 Å². The van der Waals surface area contributed by atoms with Crippen molar-refractivity contribution in [2.45, 2.75) is 20.3 Å². The van der Waals surface area contributed by atoms with Crippen LogP contribution in [0.5, 0.6) is 5.75 Å². The fraction of sp³-hybridized carbons (Fsp3) is 0.300. The van der Waals surface area contributed by atoms with E-state index in [9.17, 15) is 9.18 Å². The van der Waals surface area contributed by atoms with E-state index in [0.717, 1.165) is 3.57 Å². The lowest BCUT2D eigenvalue weighted by atomic mass is 10.1. The third-order valence-electron chi connectivity index (χ3n) is 1.76. The first-order chi connectivity index (χ1) is 6.56. The van der Waals surface area contributed by atoms with Gasteiger partial charge in [-0.25, -0.2) is 4.39 Å². The largest absolute Gasteiger partial charge is 0.424 e. The van der Waals surface area contributed by atoms with Gasteiger partial charge in [-0.1, -0.05) is 6.92 Å². The monoisotopic (exact) mass is 308 g/mol. The minimum absolute atomic E-state index is 0.00904. The molecule has 0 aliphatic heterocycles. The van der Waals surface area contributed by atoms with E-state index in [-0.39, 0.29) is 5.75 Å². The summed E-state index contributed by atoms with van der Waals surface area (Å²) in [5, 5.41) is 0. The molecule has 0 saturated heterocycles. The zero-order valence-corrected chi connectivity index (χ0v) is 10.1. The Morgan fingerprint density at radius 1 is 1.57 bits per heavy atom. The van der Waals surface area contributed by atoms with E-state index in [2.05, 4.69) is 22.6 Å². The second-order valence-electron chi connectivity index (χ2n) is 2.79. The lowest BCUT2D eigenvalue weighted by Gasteiger charge is -2.07. The van der Waals surface area contributed by atoms with Crippen LogP contribution in [0.2, 0.25) is 0 Å². The van der Waals surface area contributed by atoms with Gasteiger partial charge in [0.2, 0.25) is 0 Å². The lowest BCUT2D eigenvalue weighted by molar-refractivity contribution is -0.132. The molecule has 1 aromatic rings. The summed E-state index contributed by atoms with van der Waals surface area (Å²) in [6.07, 6.45) is 0.583. The molecule has 2 nitrogen and oxygen atoms in total. The molecule has 76 valence electrons. The highest BCUT2D eigenvalue weighted by Crippen LogP contribution is 2.25. The summed E-state index contributed by atoms with van der Waals surface area (Å²) < 4.78 is 19.2. The van der Waals surface area contributed by atoms with Crippen molar-refractivity contribution < 1.29 is 13.9 Å². The first kappa shape index (κ1) is 11.4. The van der Waals surface area contributed by atoms with E-state index >= 15 is 0 Å². The number of carbonyl (C=O) groups is 1. The Hall–Kier alpha value is -0.650. The highest BCUT2D eigenvalue weighted by atomic mass is 127. The van der Waals surface area contributed by atoms with Crippen LogP contribution in [0.25, 0.3) is 0 Å². The number of hydrogen-bond donors (Lipinski definition) is 0. The Bertz CT molecular complexity index is 363. The fourth-order valence-corrected chi connectivity index (χ4v) is 1.93. The van der Waals surface area contributed by atoms with Crippen LogP contribution in [0.15, 0.2) is 12.1 Å². The summed E-state index contributed by atoms with van der Waals surface area (Å²) in [6, 6.07) is 3.21. The van der Waals surface area contributed by atoms with E-state index in [1.807, 2.05) is 6.92 Å². The van der Waals surface area contributed by atoms with Gasteiger partial charge in [0, 0.05) is 16.1 Å². The molecule has 14 heavy (non-hydrogen) atoms. The van der Waals surface area contributed by atoms with Gasteiger partial charge in [0.15, 0.2) is 11.6 Å². The second-order valence-corrected chi connectivity index (χ2v) is 3.95. The predicted octanol–water partition coefficient (Wildman–Crippen LogP) is 2.92. The van der Waals surface area contributed by atoms with Crippen LogP contribution in [-0.4, -0.2) is 5.97 Å². The minimum atomic E-state index is -0.507. The summed E-state index contributed by atoms with van der Waals surface area (Å²) >= 11 is 2.06. The number of ether oxygens (including phenoxy) is 1. The van der Waals surface area contributed by atoms with Crippen molar-refractivity contribution in [3.8, 4) is 5.75 Å². The normalized spacial score (nSPS) is 10.0. The number of halogens is 2. The molecule has 4 heteroatoms. The average molecular weight is 308 g/mol. The number of hydrogen-bond acceptors (Lipinski definition) is 2. The maximum atomic E-state index is 13.6. The Morgan fingerprint density at radius 3 is 2.71 bits per heavy atom. The molecule has 0 spiro atoms. The topological polar surface area (TPSA) is 26.3 Å². The van der Waals surface area contributed by atoms with Crippen LogP contribution in [0.4, 0.5) is 4.39 Å². The van der Waals surface area contributed by atoms with Crippen molar-refractivity contribution in [1.82, 2.24) is 0 Å². The Labute approximate surface area is 95.6 Å². The van der Waals surface area contributed by atoms with Crippen LogP contribution in [0.1, 0.15) is 19.4 Å². The van der Waals surface area contributed by atoms with Crippen molar-refractivity contribution in [3.05, 3.63) is 27.1 Å². The highest BCUT2D eigenvalue weighted by Gasteiger charge is 2.12. The fourth-order valence-electron chi connectivity index (χ4n) is 1.13. The number of benzene rings is 1. The van der Waals surface area contributed by atoms with Crippen LogP contribution >= 0.6 is 22.6 Å². The van der Waals surface area contributed by atoms with Gasteiger partial charge in [-0.15, -0.1) is 0 Å². The standard InChI is InChI=1S/C10H10FIO2/c1-3-7-8(12)4-5-9(10(7)11)14-6(2)13/h4-5H,3H2,1-2H3. The predicted molar refractivity (Wildman–Crippen MR) is 59.8 cm³/mol. The minimum Gasteiger partial charge on any atom is -0.424 e. The maximum absolute atomic E-state index is 13.6. The smallest absolute Gasteiger partial charge is 0.308 e. The van der Waals surface area contributed by atoms with Crippen molar-refractivity contribution in [2.75, 3.05) is 0 Å². The van der Waals surface area contributed by atoms with Gasteiger partial charge in [0.1, 0.15) is 0 Å². The number of carbonyl (C=O) groups excluding carboxylic acids is 1. The maximum Gasteiger partial charge on any atom is 0.308 e. The molecule has 0 unspecified atom stereocenters. The molecular weight excluding hydrogens is 298 g/mol. The zero-order chi connectivity index (χ0) is 10.7. The quantitative estimate of drug-likeness (QED) is 0.477.